The van der Waals surface area contributed by atoms with E-state index in [4.69, 9.17) is 5.53 Å². The first-order chi connectivity index (χ1) is 29.9. The molecule has 0 atom stereocenters. The quantitative estimate of drug-likeness (QED) is 0.0557. The van der Waals surface area contributed by atoms with E-state index < -0.39 is 0 Å². The van der Waals surface area contributed by atoms with Gasteiger partial charge in [-0.1, -0.05) is 0 Å². The summed E-state index contributed by atoms with van der Waals surface area (Å²) in [6.07, 6.45) is 0. The zero-order chi connectivity index (χ0) is 43.0. The van der Waals surface area contributed by atoms with Crippen molar-refractivity contribution in [2.45, 2.75) is 0 Å². The summed E-state index contributed by atoms with van der Waals surface area (Å²) in [5.41, 5.74) is 6.26. The topological polar surface area (TPSA) is 738 Å². The summed E-state index contributed by atoms with van der Waals surface area (Å²) in [7, 11) is 1.25. The van der Waals surface area contributed by atoms with Crippen molar-refractivity contribution in [2.75, 3.05) is 7.11 Å². The van der Waals surface area contributed by atoms with Gasteiger partial charge in [0.25, 0.3) is 0 Å². The van der Waals surface area contributed by atoms with E-state index in [9.17, 15) is 0 Å². The van der Waals surface area contributed by atoms with Crippen molar-refractivity contribution in [1.82, 2.24) is 0 Å². The van der Waals surface area contributed by atoms with Crippen LogP contribution >= 0.6 is 0 Å². The molecule has 1 N–H and O–H groups in total. The van der Waals surface area contributed by atoms with Crippen LogP contribution in [0.2, 0.25) is 0 Å². The largest absolute Gasteiger partial charge is 0.381 e. The van der Waals surface area contributed by atoms with Crippen LogP contribution < -0.4 is 0 Å². The Labute approximate surface area is 316 Å². The van der Waals surface area contributed by atoms with E-state index in [-0.39, 0.29) is 0 Å². The van der Waals surface area contributed by atoms with Crippen LogP contribution in [0.1, 0.15) is 0 Å². The molecule has 0 radical (unpaired) electrons. The molecule has 0 rings (SSSR count). The van der Waals surface area contributed by atoms with E-state index in [2.05, 4.69) is 303 Å². The van der Waals surface area contributed by atoms with Crippen LogP contribution in [-0.2, 0) is 4.84 Å². The lowest BCUT2D eigenvalue weighted by molar-refractivity contribution is 0.185. The van der Waals surface area contributed by atoms with Crippen molar-refractivity contribution in [3.8, 4) is 0 Å². The number of hydrogen-bond acceptors (Lipinski definition) is 3. The summed E-state index contributed by atoms with van der Waals surface area (Å²) in [5.74, 6) is 0. The van der Waals surface area contributed by atoms with E-state index in [0.717, 1.165) is 0 Å². The summed E-state index contributed by atoms with van der Waals surface area (Å²) >= 11 is 0. The Hall–Kier alpha value is -11.8. The molecule has 0 saturated carbocycles. The van der Waals surface area contributed by atoms with E-state index >= 15 is 0 Å². The monoisotopic (exact) mass is 844 g/mol. The minimum absolute atomic E-state index is 1.25. The minimum atomic E-state index is 1.25. The standard InChI is InChI=1S/CH4N58O/c1-60-59-58-57-56-55-54-53-52-51-50-49-48-47-46-45-44-43-42-41-40-39-38-37-36-35-34-33-32-31-30-29-28-27-26-25-24-23-22-21-20-19-18-17-16-15-14-13-12-11-10-9-8-7-6-5-4-3-2/h2H,1H3. The fourth-order valence-electron chi connectivity index (χ4n) is 1.02. The summed E-state index contributed by atoms with van der Waals surface area (Å²) in [6, 6.07) is 0. The third kappa shape index (κ3) is 46.2. The third-order valence-electron chi connectivity index (χ3n) is 2.32. The molecule has 0 aliphatic carbocycles. The molecule has 0 aliphatic rings. The molecule has 304 valence electrons. The van der Waals surface area contributed by atoms with Crippen molar-refractivity contribution in [3.05, 3.63) is 0 Å². The van der Waals surface area contributed by atoms with E-state index in [0.29, 0.717) is 0 Å². The smallest absolute Gasteiger partial charge is 0.108 e. The first-order valence-electron chi connectivity index (χ1n) is 12.0. The van der Waals surface area contributed by atoms with Gasteiger partial charge in [0.15, 0.2) is 0 Å². The summed E-state index contributed by atoms with van der Waals surface area (Å²) in [4.78, 5) is 4.19. The highest BCUT2D eigenvalue weighted by Crippen LogP contribution is 1.94. The first kappa shape index (κ1) is 48.2. The van der Waals surface area contributed by atoms with Gasteiger partial charge in [0, 0.05) is 256 Å². The van der Waals surface area contributed by atoms with Crippen molar-refractivity contribution >= 4 is 0 Å². The Morgan fingerprint density at radius 1 is 0.167 bits per heavy atom. The zero-order valence-corrected chi connectivity index (χ0v) is 27.4. The van der Waals surface area contributed by atoms with Gasteiger partial charge in [-0.2, -0.15) is 5.53 Å². The van der Waals surface area contributed by atoms with Crippen molar-refractivity contribution in [1.29, 1.82) is 5.53 Å². The van der Waals surface area contributed by atoms with Crippen LogP contribution in [0.4, 0.5) is 0 Å². The molecule has 0 unspecified atom stereocenters. The molecular weight excluding hydrogens is 840 g/mol. The van der Waals surface area contributed by atoms with Gasteiger partial charge in [-0.05, 0) is 41.8 Å². The van der Waals surface area contributed by atoms with Gasteiger partial charge in [0.1, 0.15) is 7.11 Å². The maximum Gasteiger partial charge on any atom is 0.108 e. The highest BCUT2D eigenvalue weighted by atomic mass is 16.6. The number of nitrogens with one attached hydrogen (secondary N) is 1. The average Bonchev–Trinajstić information content (AvgIpc) is 3.26. The van der Waals surface area contributed by atoms with Gasteiger partial charge in [-0.15, -0.1) is 0 Å². The highest BCUT2D eigenvalue weighted by molar-refractivity contribution is 4.18. The van der Waals surface area contributed by atoms with Gasteiger partial charge < -0.3 is 4.84 Å². The molecule has 0 fully saturated rings. The van der Waals surface area contributed by atoms with Crippen LogP contribution in [0.5, 0.6) is 0 Å². The van der Waals surface area contributed by atoms with Crippen LogP contribution in [0, 0.1) is 5.53 Å². The van der Waals surface area contributed by atoms with Gasteiger partial charge >= 0.3 is 0 Å². The van der Waals surface area contributed by atoms with Crippen molar-refractivity contribution in [2.24, 2.45) is 298 Å². The van der Waals surface area contributed by atoms with Gasteiger partial charge in [0.2, 0.25) is 0 Å². The Kier molecular flexibility index (Phi) is 37.9. The normalized spacial score (nSPS) is 15.3. The first-order valence-corrected chi connectivity index (χ1v) is 12.0. The minimum Gasteiger partial charge on any atom is -0.381 e. The molecule has 0 saturated heterocycles. The Balaban J connectivity index is 4.07. The molecule has 0 spiro atoms. The molecule has 59 heteroatoms. The lowest BCUT2D eigenvalue weighted by Crippen LogP contribution is -1.59. The number of nitrogens with zero attached hydrogens (tertiary/aromatic N) is 57. The SMILES string of the molecule is CON=NN=NN=NN=NN=NN=NN=NN=NN=NN=NN=NN=NN=NN=NN=NN=NN=NN=NN=NN=NN=NN=NN=NN=NN=NN=NN=NN=NN=N. The van der Waals surface area contributed by atoms with Crippen LogP contribution in [0.25, 0.3) is 0 Å². The van der Waals surface area contributed by atoms with Crippen LogP contribution in [-0.4, -0.2) is 7.11 Å². The molecule has 0 aromatic heterocycles. The second kappa shape index (κ2) is 47.2. The van der Waals surface area contributed by atoms with E-state index in [1.807, 2.05) is 0 Å². The third-order valence-corrected chi connectivity index (χ3v) is 2.32. The Morgan fingerprint density at radius 2 is 0.267 bits per heavy atom. The predicted molar refractivity (Wildman–Crippen MR) is 148 cm³/mol. The Bertz CT molecular complexity index is 1970. The van der Waals surface area contributed by atoms with Gasteiger partial charge in [0.05, 0.1) is 0 Å². The maximum atomic E-state index is 6.26. The highest BCUT2D eigenvalue weighted by Gasteiger charge is 1.76. The summed E-state index contributed by atoms with van der Waals surface area (Å²) < 4.78 is 0. The molecule has 60 heavy (non-hydrogen) atoms. The predicted octanol–water partition coefficient (Wildman–Crippen LogP) is 10.9. The molecular formula is CH4N58O. The molecule has 0 aromatic rings. The van der Waals surface area contributed by atoms with Crippen LogP contribution in [0.15, 0.2) is 298 Å². The number of rotatable bonds is 29. The molecule has 0 heterocycles. The molecule has 0 aliphatic heterocycles. The molecule has 59 nitrogen and oxygen atoms in total. The fraction of sp³-hybridized carbons (Fsp3) is 1.00. The molecule has 0 bridgehead atoms. The maximum absolute atomic E-state index is 6.26. The zero-order valence-electron chi connectivity index (χ0n) is 27.4. The van der Waals surface area contributed by atoms with Gasteiger partial charge in [-0.3, -0.25) is 0 Å². The molecule has 0 aromatic carbocycles. The Morgan fingerprint density at radius 3 is 0.367 bits per heavy atom. The van der Waals surface area contributed by atoms with E-state index in [1.54, 1.807) is 0 Å². The second-order valence-corrected chi connectivity index (χ2v) is 5.28. The summed E-state index contributed by atoms with van der Waals surface area (Å²) in [6.45, 7) is 0. The van der Waals surface area contributed by atoms with Crippen molar-refractivity contribution in [3.63, 3.8) is 0 Å². The second-order valence-electron chi connectivity index (χ2n) is 5.28. The average molecular weight is 844 g/mol. The van der Waals surface area contributed by atoms with Crippen LogP contribution in [0.3, 0.4) is 0 Å². The molecule has 0 amide bonds. The lowest BCUT2D eigenvalue weighted by Gasteiger charge is -1.74. The van der Waals surface area contributed by atoms with Crippen molar-refractivity contribution < 1.29 is 4.84 Å². The van der Waals surface area contributed by atoms with Gasteiger partial charge in [-0.25, -0.2) is 0 Å². The van der Waals surface area contributed by atoms with E-state index in [1.165, 1.54) is 7.11 Å². The lowest BCUT2D eigenvalue weighted by atomic mass is 11.7. The summed E-state index contributed by atoms with van der Waals surface area (Å²) in [5, 5.41) is 170. The number of hydrogen-bond donors (Lipinski definition) is 1. The fourth-order valence-corrected chi connectivity index (χ4v) is 1.02.